The van der Waals surface area contributed by atoms with Gasteiger partial charge < -0.3 is 16.0 Å². The third-order valence-electron chi connectivity index (χ3n) is 6.69. The molecule has 3 N–H and O–H groups in total. The third-order valence-corrected chi connectivity index (χ3v) is 7.78. The maximum atomic E-state index is 13.3. The van der Waals surface area contributed by atoms with Crippen molar-refractivity contribution in [1.29, 1.82) is 0 Å². The summed E-state index contributed by atoms with van der Waals surface area (Å²) in [7, 11) is 0. The zero-order valence-corrected chi connectivity index (χ0v) is 23.4. The highest BCUT2D eigenvalue weighted by Gasteiger charge is 2.41. The number of fused-ring (bicyclic) bond motifs is 1. The van der Waals surface area contributed by atoms with Crippen molar-refractivity contribution in [3.05, 3.63) is 57.0 Å². The Labute approximate surface area is 246 Å². The number of carbonyl (C=O) groups is 3. The van der Waals surface area contributed by atoms with Gasteiger partial charge in [-0.3, -0.25) is 14.4 Å². The summed E-state index contributed by atoms with van der Waals surface area (Å²) >= 11 is 18.6. The largest absolute Gasteiger partial charge is 0.389 e. The van der Waals surface area contributed by atoms with Crippen LogP contribution >= 0.6 is 34.8 Å². The fraction of sp³-hybridized carbons (Fsp3) is 0.423. The lowest BCUT2D eigenvalue weighted by atomic mass is 9.83. The van der Waals surface area contributed by atoms with Crippen molar-refractivity contribution in [2.75, 3.05) is 11.4 Å². The summed E-state index contributed by atoms with van der Waals surface area (Å²) in [6.45, 7) is -0.244. The maximum Gasteiger partial charge on any atom is 0.389 e. The number of Topliss-reactive ketones (excluding diaryl/α,β-unsaturated/α-hetero) is 1. The second-order valence-corrected chi connectivity index (χ2v) is 10.8. The molecular formula is C26H24Cl3F6N3O3. The molecule has 0 aliphatic carbocycles. The standard InChI is InChI=1S/C26H24Cl3F6N3O3/c27-17-2-1-3-21-16(17)11-22(39)20(12-38(21)13-4-5-18(28)19(29)10-13)37-24(41)15(7-9-26(33,34)35)14(23(36)40)6-8-25(30,31)32/h1-5,10,14-15,20H,6-9,11-12H2,(H2,36,40)(H,37,41)/t14-,15+,20-/m0/s1. The summed E-state index contributed by atoms with van der Waals surface area (Å²) in [6, 6.07) is 8.05. The van der Waals surface area contributed by atoms with Crippen molar-refractivity contribution >= 4 is 63.8 Å². The van der Waals surface area contributed by atoms with Gasteiger partial charge in [0.2, 0.25) is 11.8 Å². The van der Waals surface area contributed by atoms with Gasteiger partial charge in [0, 0.05) is 53.1 Å². The Morgan fingerprint density at radius 3 is 2.10 bits per heavy atom. The van der Waals surface area contributed by atoms with Gasteiger partial charge >= 0.3 is 12.4 Å². The van der Waals surface area contributed by atoms with Crippen molar-refractivity contribution in [3.63, 3.8) is 0 Å². The molecule has 1 aliphatic heterocycles. The Morgan fingerprint density at radius 1 is 0.927 bits per heavy atom. The van der Waals surface area contributed by atoms with Crippen LogP contribution in [0.25, 0.3) is 0 Å². The Morgan fingerprint density at radius 2 is 1.54 bits per heavy atom. The topological polar surface area (TPSA) is 92.5 Å². The van der Waals surface area contributed by atoms with E-state index in [9.17, 15) is 40.7 Å². The molecule has 224 valence electrons. The predicted molar refractivity (Wildman–Crippen MR) is 142 cm³/mol. The van der Waals surface area contributed by atoms with Crippen LogP contribution in [0.15, 0.2) is 36.4 Å². The molecule has 0 bridgehead atoms. The maximum absolute atomic E-state index is 13.3. The van der Waals surface area contributed by atoms with E-state index in [1.807, 2.05) is 0 Å². The number of nitrogens with zero attached hydrogens (tertiary/aromatic N) is 1. The molecule has 0 saturated heterocycles. The van der Waals surface area contributed by atoms with Crippen LogP contribution in [0.5, 0.6) is 0 Å². The minimum atomic E-state index is -4.77. The lowest BCUT2D eigenvalue weighted by molar-refractivity contribution is -0.152. The normalized spacial score (nSPS) is 17.4. The molecule has 1 heterocycles. The lowest BCUT2D eigenvalue weighted by Gasteiger charge is -2.30. The van der Waals surface area contributed by atoms with E-state index in [4.69, 9.17) is 40.5 Å². The van der Waals surface area contributed by atoms with Crippen LogP contribution < -0.4 is 16.0 Å². The van der Waals surface area contributed by atoms with Crippen LogP contribution in [-0.2, 0) is 20.8 Å². The number of benzene rings is 2. The van der Waals surface area contributed by atoms with E-state index in [0.717, 1.165) is 0 Å². The highest BCUT2D eigenvalue weighted by Crippen LogP contribution is 2.38. The smallest absolute Gasteiger partial charge is 0.369 e. The fourth-order valence-corrected chi connectivity index (χ4v) is 5.18. The number of carbonyl (C=O) groups excluding carboxylic acids is 3. The molecule has 15 heteroatoms. The molecule has 0 fully saturated rings. The molecule has 2 amide bonds. The van der Waals surface area contributed by atoms with E-state index in [2.05, 4.69) is 5.32 Å². The van der Waals surface area contributed by atoms with Gasteiger partial charge in [-0.05, 0) is 43.2 Å². The molecule has 3 atom stereocenters. The molecule has 6 nitrogen and oxygen atoms in total. The average Bonchev–Trinajstić information content (AvgIpc) is 2.98. The summed E-state index contributed by atoms with van der Waals surface area (Å²) in [5.41, 5.74) is 6.56. The fourth-order valence-electron chi connectivity index (χ4n) is 4.65. The number of anilines is 2. The van der Waals surface area contributed by atoms with E-state index in [0.29, 0.717) is 16.9 Å². The second kappa shape index (κ2) is 13.1. The van der Waals surface area contributed by atoms with Gasteiger partial charge in [0.15, 0.2) is 5.78 Å². The Hall–Kier alpha value is -2.70. The van der Waals surface area contributed by atoms with Gasteiger partial charge in [-0.25, -0.2) is 0 Å². The first kappa shape index (κ1) is 32.8. The van der Waals surface area contributed by atoms with Crippen molar-refractivity contribution in [1.82, 2.24) is 5.32 Å². The van der Waals surface area contributed by atoms with E-state index >= 15 is 0 Å². The molecule has 0 aromatic heterocycles. The predicted octanol–water partition coefficient (Wildman–Crippen LogP) is 6.80. The van der Waals surface area contributed by atoms with Gasteiger partial charge in [0.1, 0.15) is 6.04 Å². The summed E-state index contributed by atoms with van der Waals surface area (Å²) in [5, 5.41) is 3.01. The Kier molecular flexibility index (Phi) is 10.5. The first-order valence-electron chi connectivity index (χ1n) is 12.2. The summed E-state index contributed by atoms with van der Waals surface area (Å²) in [4.78, 5) is 40.3. The highest BCUT2D eigenvalue weighted by molar-refractivity contribution is 6.42. The van der Waals surface area contributed by atoms with E-state index in [-0.39, 0.29) is 28.0 Å². The highest BCUT2D eigenvalue weighted by atomic mass is 35.5. The summed E-state index contributed by atoms with van der Waals surface area (Å²) in [6.07, 6.45) is -14.9. The molecule has 0 saturated carbocycles. The second-order valence-electron chi connectivity index (χ2n) is 9.57. The van der Waals surface area contributed by atoms with Crippen LogP contribution in [0.2, 0.25) is 15.1 Å². The third kappa shape index (κ3) is 8.89. The molecular weight excluding hydrogens is 623 g/mol. The monoisotopic (exact) mass is 645 g/mol. The average molecular weight is 647 g/mol. The zero-order chi connectivity index (χ0) is 30.7. The molecule has 2 aromatic carbocycles. The molecule has 3 rings (SSSR count). The Balaban J connectivity index is 1.97. The van der Waals surface area contributed by atoms with Gasteiger partial charge in [-0.15, -0.1) is 0 Å². The molecule has 2 aromatic rings. The number of ketones is 1. The van der Waals surface area contributed by atoms with Crippen molar-refractivity contribution < 1.29 is 40.7 Å². The number of primary amides is 1. The first-order valence-corrected chi connectivity index (χ1v) is 13.4. The number of alkyl halides is 6. The number of amides is 2. The molecule has 0 spiro atoms. The molecule has 0 radical (unpaired) electrons. The van der Waals surface area contributed by atoms with Crippen LogP contribution in [0.3, 0.4) is 0 Å². The van der Waals surface area contributed by atoms with Crippen molar-refractivity contribution in [2.45, 2.75) is 50.5 Å². The molecule has 0 unspecified atom stereocenters. The van der Waals surface area contributed by atoms with E-state index < -0.39 is 73.5 Å². The Bertz CT molecular complexity index is 1310. The SMILES string of the molecule is NC(=O)[C@@H](CCC(F)(F)F)[C@@H](CCC(F)(F)F)C(=O)N[C@H]1CN(c2ccc(Cl)c(Cl)c2)c2cccc(Cl)c2CC1=O. The van der Waals surface area contributed by atoms with Crippen LogP contribution in [0, 0.1) is 11.8 Å². The van der Waals surface area contributed by atoms with E-state index in [1.165, 1.54) is 12.1 Å². The minimum absolute atomic E-state index is 0.171. The van der Waals surface area contributed by atoms with Crippen molar-refractivity contribution in [3.8, 4) is 0 Å². The van der Waals surface area contributed by atoms with Crippen LogP contribution in [0.1, 0.15) is 31.2 Å². The first-order chi connectivity index (χ1) is 19.0. The van der Waals surface area contributed by atoms with E-state index in [1.54, 1.807) is 29.2 Å². The number of nitrogens with one attached hydrogen (secondary N) is 1. The van der Waals surface area contributed by atoms with Crippen LogP contribution in [0.4, 0.5) is 37.7 Å². The zero-order valence-electron chi connectivity index (χ0n) is 21.1. The van der Waals surface area contributed by atoms with Gasteiger partial charge in [0.25, 0.3) is 0 Å². The summed E-state index contributed by atoms with van der Waals surface area (Å²) in [5.74, 6) is -6.88. The van der Waals surface area contributed by atoms with Gasteiger partial charge in [0.05, 0.1) is 16.6 Å². The van der Waals surface area contributed by atoms with Crippen LogP contribution in [-0.4, -0.2) is 42.5 Å². The van der Waals surface area contributed by atoms with Crippen molar-refractivity contribution in [2.24, 2.45) is 17.6 Å². The molecule has 1 aliphatic rings. The lowest BCUT2D eigenvalue weighted by Crippen LogP contribution is -2.51. The summed E-state index contributed by atoms with van der Waals surface area (Å²) < 4.78 is 77.9. The van der Waals surface area contributed by atoms with Gasteiger partial charge in [-0.1, -0.05) is 40.9 Å². The number of hydrogen-bond donors (Lipinski definition) is 2. The quantitative estimate of drug-likeness (QED) is 0.293. The molecule has 41 heavy (non-hydrogen) atoms. The number of halogens is 9. The number of nitrogens with two attached hydrogens (primary N) is 1. The minimum Gasteiger partial charge on any atom is -0.369 e. The van der Waals surface area contributed by atoms with Gasteiger partial charge in [-0.2, -0.15) is 26.3 Å². The number of rotatable bonds is 9. The number of hydrogen-bond acceptors (Lipinski definition) is 4.